The molecule has 0 saturated heterocycles. The van der Waals surface area contributed by atoms with Gasteiger partial charge in [-0.25, -0.2) is 4.79 Å². The minimum atomic E-state index is -0.459. The topological polar surface area (TPSA) is 72.9 Å². The van der Waals surface area contributed by atoms with Gasteiger partial charge in [0, 0.05) is 6.08 Å². The molecule has 0 fully saturated rings. The number of rotatable bonds is 6. The second-order valence-electron chi connectivity index (χ2n) is 4.31. The van der Waals surface area contributed by atoms with E-state index >= 15 is 0 Å². The molecular formula is C15H15NO5. The molecule has 1 aromatic carbocycles. The number of amides is 2. The zero-order chi connectivity index (χ0) is 15.2. The Bertz CT molecular complexity index is 558. The van der Waals surface area contributed by atoms with E-state index in [2.05, 4.69) is 4.74 Å². The minimum absolute atomic E-state index is 0.179. The fourth-order valence-corrected chi connectivity index (χ4v) is 1.96. The van der Waals surface area contributed by atoms with Crippen molar-refractivity contribution in [1.29, 1.82) is 0 Å². The molecule has 6 heteroatoms. The molecule has 0 spiro atoms. The SMILES string of the molecule is COC(=O)/C=C/COCCN1C(=O)c2ccccc2C1=O. The number of hydrogen-bond donors (Lipinski definition) is 0. The summed E-state index contributed by atoms with van der Waals surface area (Å²) in [6.07, 6.45) is 2.76. The quantitative estimate of drug-likeness (QED) is 0.338. The van der Waals surface area contributed by atoms with E-state index in [9.17, 15) is 14.4 Å². The highest BCUT2D eigenvalue weighted by molar-refractivity contribution is 6.21. The number of methoxy groups -OCH3 is 1. The predicted molar refractivity (Wildman–Crippen MR) is 73.8 cm³/mol. The molecule has 21 heavy (non-hydrogen) atoms. The molecule has 0 saturated carbocycles. The van der Waals surface area contributed by atoms with Crippen LogP contribution in [0.4, 0.5) is 0 Å². The Balaban J connectivity index is 1.81. The van der Waals surface area contributed by atoms with Crippen LogP contribution < -0.4 is 0 Å². The van der Waals surface area contributed by atoms with Gasteiger partial charge < -0.3 is 9.47 Å². The summed E-state index contributed by atoms with van der Waals surface area (Å²) in [6.45, 7) is 0.591. The van der Waals surface area contributed by atoms with Crippen molar-refractivity contribution in [3.8, 4) is 0 Å². The van der Waals surface area contributed by atoms with Crippen molar-refractivity contribution in [2.45, 2.75) is 0 Å². The first-order valence-electron chi connectivity index (χ1n) is 6.42. The second-order valence-corrected chi connectivity index (χ2v) is 4.31. The molecule has 1 aliphatic heterocycles. The first-order valence-corrected chi connectivity index (χ1v) is 6.42. The lowest BCUT2D eigenvalue weighted by atomic mass is 10.1. The molecule has 2 rings (SSSR count). The number of fused-ring (bicyclic) bond motifs is 1. The van der Waals surface area contributed by atoms with Crippen LogP contribution in [-0.2, 0) is 14.3 Å². The van der Waals surface area contributed by atoms with Crippen LogP contribution in [0.3, 0.4) is 0 Å². The summed E-state index contributed by atoms with van der Waals surface area (Å²) in [6, 6.07) is 6.72. The largest absolute Gasteiger partial charge is 0.466 e. The lowest BCUT2D eigenvalue weighted by Gasteiger charge is -2.13. The lowest BCUT2D eigenvalue weighted by molar-refractivity contribution is -0.134. The Labute approximate surface area is 121 Å². The van der Waals surface area contributed by atoms with Gasteiger partial charge in [0.1, 0.15) is 0 Å². The summed E-state index contributed by atoms with van der Waals surface area (Å²) in [7, 11) is 1.29. The molecule has 0 aliphatic carbocycles. The third-order valence-corrected chi connectivity index (χ3v) is 3.01. The Morgan fingerprint density at radius 2 is 1.81 bits per heavy atom. The summed E-state index contributed by atoms with van der Waals surface area (Å²) in [5.41, 5.74) is 0.848. The van der Waals surface area contributed by atoms with E-state index < -0.39 is 5.97 Å². The number of esters is 1. The molecule has 0 atom stereocenters. The van der Waals surface area contributed by atoms with Crippen molar-refractivity contribution in [2.75, 3.05) is 26.9 Å². The maximum Gasteiger partial charge on any atom is 0.330 e. The van der Waals surface area contributed by atoms with Crippen molar-refractivity contribution in [2.24, 2.45) is 0 Å². The number of carbonyl (C=O) groups excluding carboxylic acids is 3. The zero-order valence-corrected chi connectivity index (χ0v) is 11.6. The highest BCUT2D eigenvalue weighted by atomic mass is 16.5. The highest BCUT2D eigenvalue weighted by Gasteiger charge is 2.34. The maximum atomic E-state index is 12.0. The number of nitrogens with zero attached hydrogens (tertiary/aromatic N) is 1. The van der Waals surface area contributed by atoms with Gasteiger partial charge in [0.2, 0.25) is 0 Å². The van der Waals surface area contributed by atoms with E-state index in [-0.39, 0.29) is 31.6 Å². The first kappa shape index (κ1) is 14.9. The normalized spacial score (nSPS) is 13.9. The number of ether oxygens (including phenoxy) is 2. The highest BCUT2D eigenvalue weighted by Crippen LogP contribution is 2.21. The molecule has 1 aliphatic rings. The molecule has 0 radical (unpaired) electrons. The van der Waals surface area contributed by atoms with Gasteiger partial charge in [0.25, 0.3) is 11.8 Å². The third-order valence-electron chi connectivity index (χ3n) is 3.01. The van der Waals surface area contributed by atoms with Gasteiger partial charge in [0.15, 0.2) is 0 Å². The fraction of sp³-hybridized carbons (Fsp3) is 0.267. The van der Waals surface area contributed by atoms with Gasteiger partial charge in [-0.1, -0.05) is 18.2 Å². The molecule has 2 amide bonds. The Hall–Kier alpha value is -2.47. The van der Waals surface area contributed by atoms with Gasteiger partial charge in [-0.15, -0.1) is 0 Å². The molecule has 6 nitrogen and oxygen atoms in total. The van der Waals surface area contributed by atoms with Crippen molar-refractivity contribution in [1.82, 2.24) is 4.90 Å². The van der Waals surface area contributed by atoms with Crippen LogP contribution in [0.25, 0.3) is 0 Å². The van der Waals surface area contributed by atoms with Crippen molar-refractivity contribution < 1.29 is 23.9 Å². The van der Waals surface area contributed by atoms with E-state index in [4.69, 9.17) is 4.74 Å². The van der Waals surface area contributed by atoms with Crippen LogP contribution >= 0.6 is 0 Å². The lowest BCUT2D eigenvalue weighted by Crippen LogP contribution is -2.33. The average molecular weight is 289 g/mol. The Morgan fingerprint density at radius 3 is 2.38 bits per heavy atom. The molecule has 0 bridgehead atoms. The molecule has 1 aromatic rings. The standard InChI is InChI=1S/C15H15NO5/c1-20-13(17)7-4-9-21-10-8-16-14(18)11-5-2-3-6-12(11)15(16)19/h2-7H,8-10H2,1H3/b7-4+. The van der Waals surface area contributed by atoms with Gasteiger partial charge in [0.05, 0.1) is 38.0 Å². The van der Waals surface area contributed by atoms with Crippen molar-refractivity contribution in [3.05, 3.63) is 47.5 Å². The van der Waals surface area contributed by atoms with Crippen LogP contribution in [0.1, 0.15) is 20.7 Å². The molecule has 0 aromatic heterocycles. The smallest absolute Gasteiger partial charge is 0.330 e. The molecular weight excluding hydrogens is 274 g/mol. The number of benzene rings is 1. The van der Waals surface area contributed by atoms with Gasteiger partial charge in [-0.3, -0.25) is 14.5 Å². The predicted octanol–water partition coefficient (Wildman–Crippen LogP) is 1.03. The second kappa shape index (κ2) is 6.81. The average Bonchev–Trinajstić information content (AvgIpc) is 2.75. The van der Waals surface area contributed by atoms with Crippen molar-refractivity contribution >= 4 is 17.8 Å². The van der Waals surface area contributed by atoms with E-state index in [0.29, 0.717) is 11.1 Å². The molecule has 0 N–H and O–H groups in total. The van der Waals surface area contributed by atoms with Crippen LogP contribution in [0.15, 0.2) is 36.4 Å². The maximum absolute atomic E-state index is 12.0. The van der Waals surface area contributed by atoms with Crippen LogP contribution in [-0.4, -0.2) is 49.6 Å². The van der Waals surface area contributed by atoms with E-state index in [1.165, 1.54) is 19.3 Å². The summed E-state index contributed by atoms with van der Waals surface area (Å²) in [5.74, 6) is -1.06. The van der Waals surface area contributed by atoms with E-state index in [1.807, 2.05) is 0 Å². The van der Waals surface area contributed by atoms with E-state index in [0.717, 1.165) is 4.90 Å². The van der Waals surface area contributed by atoms with Crippen LogP contribution in [0, 0.1) is 0 Å². The number of hydrogen-bond acceptors (Lipinski definition) is 5. The van der Waals surface area contributed by atoms with Crippen LogP contribution in [0.5, 0.6) is 0 Å². The number of imide groups is 1. The van der Waals surface area contributed by atoms with E-state index in [1.54, 1.807) is 24.3 Å². The first-order chi connectivity index (χ1) is 10.1. The summed E-state index contributed by atoms with van der Waals surface area (Å²) in [5, 5.41) is 0. The molecule has 1 heterocycles. The van der Waals surface area contributed by atoms with Crippen LogP contribution in [0.2, 0.25) is 0 Å². The third kappa shape index (κ3) is 3.35. The van der Waals surface area contributed by atoms with Gasteiger partial charge in [-0.2, -0.15) is 0 Å². The monoisotopic (exact) mass is 289 g/mol. The van der Waals surface area contributed by atoms with Gasteiger partial charge >= 0.3 is 5.97 Å². The number of carbonyl (C=O) groups is 3. The summed E-state index contributed by atoms with van der Waals surface area (Å²) < 4.78 is 9.67. The van der Waals surface area contributed by atoms with Gasteiger partial charge in [-0.05, 0) is 12.1 Å². The Kier molecular flexibility index (Phi) is 4.84. The van der Waals surface area contributed by atoms with Crippen molar-refractivity contribution in [3.63, 3.8) is 0 Å². The Morgan fingerprint density at radius 1 is 1.19 bits per heavy atom. The zero-order valence-electron chi connectivity index (χ0n) is 11.6. The molecule has 0 unspecified atom stereocenters. The minimum Gasteiger partial charge on any atom is -0.466 e. The summed E-state index contributed by atoms with van der Waals surface area (Å²) >= 11 is 0. The molecule has 110 valence electrons. The fourth-order valence-electron chi connectivity index (χ4n) is 1.96. The summed E-state index contributed by atoms with van der Waals surface area (Å²) in [4.78, 5) is 36.0.